The van der Waals surface area contributed by atoms with Gasteiger partial charge in [0.1, 0.15) is 17.4 Å². The first kappa shape index (κ1) is 12.8. The summed E-state index contributed by atoms with van der Waals surface area (Å²) in [5.41, 5.74) is 1.12. The molecule has 0 saturated carbocycles. The minimum atomic E-state index is -0.451. The molecule has 1 N–H and O–H groups in total. The molecule has 0 fully saturated rings. The van der Waals surface area contributed by atoms with Crippen LogP contribution in [0.3, 0.4) is 0 Å². The summed E-state index contributed by atoms with van der Waals surface area (Å²) in [6.07, 6.45) is 2.27. The van der Waals surface area contributed by atoms with Gasteiger partial charge in [0.25, 0.3) is 0 Å². The number of benzene rings is 1. The van der Waals surface area contributed by atoms with E-state index in [4.69, 9.17) is 4.42 Å². The fourth-order valence-corrected chi connectivity index (χ4v) is 2.11. The van der Waals surface area contributed by atoms with Crippen molar-refractivity contribution in [3.8, 4) is 0 Å². The van der Waals surface area contributed by atoms with Gasteiger partial charge in [-0.15, -0.1) is 0 Å². The molecule has 4 heteroatoms. The highest BCUT2D eigenvalue weighted by Gasteiger charge is 2.21. The summed E-state index contributed by atoms with van der Waals surface area (Å²) < 4.78 is 32.4. The number of hydrogen-bond acceptors (Lipinski definition) is 2. The summed E-state index contributed by atoms with van der Waals surface area (Å²) in [6, 6.07) is 4.84. The Labute approximate surface area is 105 Å². The quantitative estimate of drug-likeness (QED) is 0.900. The van der Waals surface area contributed by atoms with Gasteiger partial charge in [-0.05, 0) is 31.3 Å². The lowest BCUT2D eigenvalue weighted by Gasteiger charge is -2.17. The molecule has 2 nitrogen and oxygen atoms in total. The van der Waals surface area contributed by atoms with Crippen LogP contribution in [0.2, 0.25) is 0 Å². The molecular formula is C14H15F2NO. The first-order valence-electron chi connectivity index (χ1n) is 5.85. The highest BCUT2D eigenvalue weighted by Crippen LogP contribution is 2.28. The molecule has 1 aromatic carbocycles. The second kappa shape index (κ2) is 5.31. The molecule has 1 aromatic heterocycles. The molecule has 0 aliphatic heterocycles. The zero-order chi connectivity index (χ0) is 13.1. The Morgan fingerprint density at radius 1 is 1.22 bits per heavy atom. The van der Waals surface area contributed by atoms with Crippen molar-refractivity contribution in [3.05, 3.63) is 59.1 Å². The van der Waals surface area contributed by atoms with Crippen LogP contribution in [0.4, 0.5) is 8.78 Å². The first-order chi connectivity index (χ1) is 8.67. The van der Waals surface area contributed by atoms with Crippen molar-refractivity contribution in [3.63, 3.8) is 0 Å². The largest absolute Gasteiger partial charge is 0.469 e. The third-order valence-corrected chi connectivity index (χ3v) is 2.97. The van der Waals surface area contributed by atoms with Gasteiger partial charge in [0.15, 0.2) is 0 Å². The molecule has 0 saturated heterocycles. The zero-order valence-corrected chi connectivity index (χ0v) is 10.3. The lowest BCUT2D eigenvalue weighted by atomic mass is 9.98. The molecule has 1 unspecified atom stereocenters. The SMILES string of the molecule is CCc1occc1C(NC)c1cc(F)ccc1F. The lowest BCUT2D eigenvalue weighted by molar-refractivity contribution is 0.500. The molecule has 0 amide bonds. The minimum absolute atomic E-state index is 0.286. The van der Waals surface area contributed by atoms with Gasteiger partial charge in [0, 0.05) is 17.5 Å². The Bertz CT molecular complexity index is 536. The van der Waals surface area contributed by atoms with E-state index in [1.807, 2.05) is 6.92 Å². The number of halogens is 2. The molecule has 0 spiro atoms. The predicted octanol–water partition coefficient (Wildman–Crippen LogP) is 3.43. The van der Waals surface area contributed by atoms with Gasteiger partial charge in [-0.25, -0.2) is 8.78 Å². The molecule has 1 heterocycles. The average Bonchev–Trinajstić information content (AvgIpc) is 2.83. The molecule has 96 valence electrons. The minimum Gasteiger partial charge on any atom is -0.469 e. The van der Waals surface area contributed by atoms with Crippen LogP contribution in [0.15, 0.2) is 34.9 Å². The Kier molecular flexibility index (Phi) is 3.77. The van der Waals surface area contributed by atoms with Gasteiger partial charge in [-0.3, -0.25) is 0 Å². The van der Waals surface area contributed by atoms with Crippen LogP contribution < -0.4 is 5.32 Å². The topological polar surface area (TPSA) is 25.2 Å². The second-order valence-electron chi connectivity index (χ2n) is 4.04. The summed E-state index contributed by atoms with van der Waals surface area (Å²) in [5.74, 6) is -0.106. The van der Waals surface area contributed by atoms with Crippen LogP contribution in [-0.4, -0.2) is 7.05 Å². The number of nitrogens with one attached hydrogen (secondary N) is 1. The fraction of sp³-hybridized carbons (Fsp3) is 0.286. The van der Waals surface area contributed by atoms with E-state index in [-0.39, 0.29) is 5.56 Å². The number of hydrogen-bond donors (Lipinski definition) is 1. The summed E-state index contributed by atoms with van der Waals surface area (Å²) in [5, 5.41) is 3.00. The van der Waals surface area contributed by atoms with Crippen LogP contribution >= 0.6 is 0 Å². The van der Waals surface area contributed by atoms with Crippen molar-refractivity contribution in [2.45, 2.75) is 19.4 Å². The van der Waals surface area contributed by atoms with Gasteiger partial charge in [0.05, 0.1) is 12.3 Å². The summed E-state index contributed by atoms with van der Waals surface area (Å²) in [6.45, 7) is 1.96. The third kappa shape index (κ3) is 2.29. The van der Waals surface area contributed by atoms with Gasteiger partial charge in [-0.2, -0.15) is 0 Å². The molecular weight excluding hydrogens is 236 g/mol. The maximum atomic E-state index is 13.8. The van der Waals surface area contributed by atoms with Crippen molar-refractivity contribution < 1.29 is 13.2 Å². The lowest BCUT2D eigenvalue weighted by Crippen LogP contribution is -2.19. The molecule has 0 aliphatic rings. The normalized spacial score (nSPS) is 12.7. The van der Waals surface area contributed by atoms with Gasteiger partial charge in [0.2, 0.25) is 0 Å². The molecule has 2 aromatic rings. The van der Waals surface area contributed by atoms with Crippen LogP contribution in [0.1, 0.15) is 29.9 Å². The molecule has 1 atom stereocenters. The van der Waals surface area contributed by atoms with E-state index < -0.39 is 17.7 Å². The number of furan rings is 1. The fourth-order valence-electron chi connectivity index (χ4n) is 2.11. The molecule has 0 radical (unpaired) electrons. The van der Waals surface area contributed by atoms with E-state index in [0.717, 1.165) is 23.5 Å². The van der Waals surface area contributed by atoms with E-state index in [0.29, 0.717) is 6.42 Å². The third-order valence-electron chi connectivity index (χ3n) is 2.97. The van der Waals surface area contributed by atoms with E-state index in [2.05, 4.69) is 5.32 Å². The molecule has 0 aliphatic carbocycles. The van der Waals surface area contributed by atoms with Crippen molar-refractivity contribution in [1.82, 2.24) is 5.32 Å². The van der Waals surface area contributed by atoms with E-state index in [1.165, 1.54) is 6.07 Å². The van der Waals surface area contributed by atoms with Crippen molar-refractivity contribution in [1.29, 1.82) is 0 Å². The Hall–Kier alpha value is -1.68. The van der Waals surface area contributed by atoms with E-state index in [9.17, 15) is 8.78 Å². The van der Waals surface area contributed by atoms with Gasteiger partial charge >= 0.3 is 0 Å². The van der Waals surface area contributed by atoms with Crippen molar-refractivity contribution in [2.24, 2.45) is 0 Å². The maximum absolute atomic E-state index is 13.8. The highest BCUT2D eigenvalue weighted by atomic mass is 19.1. The zero-order valence-electron chi connectivity index (χ0n) is 10.3. The number of aryl methyl sites for hydroxylation is 1. The van der Waals surface area contributed by atoms with Crippen LogP contribution in [0.5, 0.6) is 0 Å². The molecule has 18 heavy (non-hydrogen) atoms. The van der Waals surface area contributed by atoms with E-state index in [1.54, 1.807) is 19.4 Å². The smallest absolute Gasteiger partial charge is 0.128 e. The number of rotatable bonds is 4. The van der Waals surface area contributed by atoms with Crippen LogP contribution in [0.25, 0.3) is 0 Å². The van der Waals surface area contributed by atoms with Gasteiger partial charge < -0.3 is 9.73 Å². The van der Waals surface area contributed by atoms with Gasteiger partial charge in [-0.1, -0.05) is 6.92 Å². The van der Waals surface area contributed by atoms with E-state index >= 15 is 0 Å². The van der Waals surface area contributed by atoms with Crippen molar-refractivity contribution in [2.75, 3.05) is 7.05 Å². The maximum Gasteiger partial charge on any atom is 0.128 e. The standard InChI is InChI=1S/C14H15F2NO/c1-3-13-10(6-7-18-13)14(17-2)11-8-9(15)4-5-12(11)16/h4-8,14,17H,3H2,1-2H3. The summed E-state index contributed by atoms with van der Waals surface area (Å²) in [4.78, 5) is 0. The summed E-state index contributed by atoms with van der Waals surface area (Å²) in [7, 11) is 1.71. The van der Waals surface area contributed by atoms with Crippen molar-refractivity contribution >= 4 is 0 Å². The Balaban J connectivity index is 2.48. The summed E-state index contributed by atoms with van der Waals surface area (Å²) >= 11 is 0. The Morgan fingerprint density at radius 3 is 2.67 bits per heavy atom. The second-order valence-corrected chi connectivity index (χ2v) is 4.04. The highest BCUT2D eigenvalue weighted by molar-refractivity contribution is 5.34. The predicted molar refractivity (Wildman–Crippen MR) is 65.3 cm³/mol. The molecule has 2 rings (SSSR count). The van der Waals surface area contributed by atoms with Crippen LogP contribution in [-0.2, 0) is 6.42 Å². The van der Waals surface area contributed by atoms with Crippen LogP contribution in [0, 0.1) is 11.6 Å². The first-order valence-corrected chi connectivity index (χ1v) is 5.85. The molecule has 0 bridgehead atoms. The average molecular weight is 251 g/mol. The Morgan fingerprint density at radius 2 is 2.00 bits per heavy atom. The monoisotopic (exact) mass is 251 g/mol.